The number of nitro benzene ring substituents is 1. The number of nitro groups is 1. The van der Waals surface area contributed by atoms with Gasteiger partial charge >= 0.3 is 12.1 Å². The summed E-state index contributed by atoms with van der Waals surface area (Å²) in [7, 11) is 3.35. The molecule has 0 unspecified atom stereocenters. The Morgan fingerprint density at radius 1 is 1.26 bits per heavy atom. The Balaban J connectivity index is 1.72. The molecule has 148 valence electrons. The molecule has 0 atom stereocenters. The number of methoxy groups -OCH3 is 1. The van der Waals surface area contributed by atoms with Crippen LogP contribution in [0.1, 0.15) is 24.8 Å². The monoisotopic (exact) mass is 379 g/mol. The largest absolute Gasteiger partial charge is 0.469 e. The number of hydrogen-bond acceptors (Lipinski definition) is 7. The van der Waals surface area contributed by atoms with Gasteiger partial charge in [0, 0.05) is 37.8 Å². The van der Waals surface area contributed by atoms with Crippen molar-refractivity contribution in [1.29, 1.82) is 0 Å². The van der Waals surface area contributed by atoms with E-state index in [1.165, 1.54) is 19.2 Å². The van der Waals surface area contributed by atoms with Crippen molar-refractivity contribution in [3.8, 4) is 0 Å². The van der Waals surface area contributed by atoms with E-state index in [1.54, 1.807) is 17.0 Å². The van der Waals surface area contributed by atoms with E-state index >= 15 is 0 Å². The molecule has 1 aromatic carbocycles. The van der Waals surface area contributed by atoms with Gasteiger partial charge in [-0.05, 0) is 37.6 Å². The summed E-state index contributed by atoms with van der Waals surface area (Å²) < 4.78 is 9.95. The van der Waals surface area contributed by atoms with Crippen molar-refractivity contribution >= 4 is 17.7 Å². The van der Waals surface area contributed by atoms with E-state index in [9.17, 15) is 19.7 Å². The molecule has 0 aliphatic carbocycles. The molecule has 0 aromatic heterocycles. The van der Waals surface area contributed by atoms with Crippen molar-refractivity contribution in [3.63, 3.8) is 0 Å². The van der Waals surface area contributed by atoms with Crippen LogP contribution in [0.2, 0.25) is 0 Å². The number of non-ortho nitro benzene ring substituents is 1. The van der Waals surface area contributed by atoms with Gasteiger partial charge in [-0.1, -0.05) is 0 Å². The van der Waals surface area contributed by atoms with Crippen LogP contribution in [0.5, 0.6) is 0 Å². The van der Waals surface area contributed by atoms with E-state index in [0.717, 1.165) is 12.8 Å². The Hall–Kier alpha value is -2.68. The third-order valence-corrected chi connectivity index (χ3v) is 4.75. The number of likely N-dealkylation sites (tertiary alicyclic amines) is 1. The van der Waals surface area contributed by atoms with E-state index in [-0.39, 0.29) is 24.4 Å². The highest BCUT2D eigenvalue weighted by Crippen LogP contribution is 2.17. The van der Waals surface area contributed by atoms with Crippen molar-refractivity contribution in [2.24, 2.45) is 0 Å². The van der Waals surface area contributed by atoms with Crippen LogP contribution < -0.4 is 0 Å². The number of piperidine rings is 1. The number of nitrogens with zero attached hydrogens (tertiary/aromatic N) is 3. The second kappa shape index (κ2) is 9.86. The summed E-state index contributed by atoms with van der Waals surface area (Å²) in [4.78, 5) is 37.4. The normalized spacial score (nSPS) is 14.9. The fourth-order valence-electron chi connectivity index (χ4n) is 2.99. The summed E-state index contributed by atoms with van der Waals surface area (Å²) >= 11 is 0. The first kappa shape index (κ1) is 20.6. The fourth-order valence-corrected chi connectivity index (χ4v) is 2.99. The number of rotatable bonds is 7. The summed E-state index contributed by atoms with van der Waals surface area (Å²) in [5.41, 5.74) is 0.704. The van der Waals surface area contributed by atoms with Crippen molar-refractivity contribution in [3.05, 3.63) is 39.9 Å². The van der Waals surface area contributed by atoms with E-state index < -0.39 is 4.92 Å². The van der Waals surface area contributed by atoms with Crippen LogP contribution in [-0.2, 0) is 20.9 Å². The molecule has 1 saturated heterocycles. The summed E-state index contributed by atoms with van der Waals surface area (Å²) in [6.07, 6.45) is 1.59. The molecule has 1 aliphatic heterocycles. The van der Waals surface area contributed by atoms with Gasteiger partial charge in [0.15, 0.2) is 0 Å². The molecule has 27 heavy (non-hydrogen) atoms. The molecule has 0 saturated carbocycles. The summed E-state index contributed by atoms with van der Waals surface area (Å²) in [6, 6.07) is 6.24. The topological polar surface area (TPSA) is 102 Å². The zero-order valence-electron chi connectivity index (χ0n) is 15.6. The maximum absolute atomic E-state index is 12.2. The van der Waals surface area contributed by atoms with Crippen molar-refractivity contribution < 1.29 is 24.0 Å². The molecule has 1 aromatic rings. The van der Waals surface area contributed by atoms with Crippen LogP contribution in [0.15, 0.2) is 24.3 Å². The lowest BCUT2D eigenvalue weighted by Gasteiger charge is -2.36. The Morgan fingerprint density at radius 2 is 1.89 bits per heavy atom. The van der Waals surface area contributed by atoms with Gasteiger partial charge in [-0.3, -0.25) is 14.9 Å². The molecule has 2 rings (SSSR count). The minimum atomic E-state index is -0.470. The van der Waals surface area contributed by atoms with Gasteiger partial charge in [-0.2, -0.15) is 0 Å². The first-order valence-electron chi connectivity index (χ1n) is 8.82. The van der Waals surface area contributed by atoms with Gasteiger partial charge in [0.1, 0.15) is 6.61 Å². The van der Waals surface area contributed by atoms with Gasteiger partial charge in [0.25, 0.3) is 5.69 Å². The predicted octanol–water partition coefficient (Wildman–Crippen LogP) is 2.19. The van der Waals surface area contributed by atoms with E-state index in [2.05, 4.69) is 9.64 Å². The summed E-state index contributed by atoms with van der Waals surface area (Å²) in [5.74, 6) is -0.228. The molecule has 9 nitrogen and oxygen atoms in total. The molecule has 1 heterocycles. The van der Waals surface area contributed by atoms with Crippen LogP contribution in [0, 0.1) is 10.1 Å². The minimum absolute atomic E-state index is 0.00321. The van der Waals surface area contributed by atoms with Crippen LogP contribution >= 0.6 is 0 Å². The lowest BCUT2D eigenvalue weighted by molar-refractivity contribution is -0.384. The van der Waals surface area contributed by atoms with Crippen LogP contribution in [0.3, 0.4) is 0 Å². The maximum Gasteiger partial charge on any atom is 0.410 e. The van der Waals surface area contributed by atoms with Gasteiger partial charge in [0.2, 0.25) is 0 Å². The second-order valence-corrected chi connectivity index (χ2v) is 6.50. The zero-order chi connectivity index (χ0) is 19.8. The Bertz CT molecular complexity index is 656. The molecule has 0 bridgehead atoms. The van der Waals surface area contributed by atoms with Gasteiger partial charge in [-0.25, -0.2) is 4.79 Å². The van der Waals surface area contributed by atoms with E-state index in [1.807, 2.05) is 7.05 Å². The van der Waals surface area contributed by atoms with E-state index in [4.69, 9.17) is 4.74 Å². The lowest BCUT2D eigenvalue weighted by Crippen LogP contribution is -2.46. The molecular formula is C18H25N3O6. The lowest BCUT2D eigenvalue weighted by atomic mass is 10.0. The standard InChI is InChI=1S/C18H25N3O6/c1-19(10-9-17(22)26-2)15-7-11-20(12-8-15)18(23)27-13-14-3-5-16(6-4-14)21(24)25/h3-6,15H,7-13H2,1-2H3. The van der Waals surface area contributed by atoms with Crippen molar-refractivity contribution in [2.75, 3.05) is 33.8 Å². The molecule has 9 heteroatoms. The van der Waals surface area contributed by atoms with Gasteiger partial charge in [-0.15, -0.1) is 0 Å². The third-order valence-electron chi connectivity index (χ3n) is 4.75. The SMILES string of the molecule is COC(=O)CCN(C)C1CCN(C(=O)OCc2ccc([N+](=O)[O-])cc2)CC1. The number of benzene rings is 1. The number of ether oxygens (including phenoxy) is 2. The molecule has 1 aliphatic rings. The first-order valence-corrected chi connectivity index (χ1v) is 8.82. The molecule has 1 amide bonds. The van der Waals surface area contributed by atoms with Crippen molar-refractivity contribution in [2.45, 2.75) is 31.9 Å². The minimum Gasteiger partial charge on any atom is -0.469 e. The van der Waals surface area contributed by atoms with Crippen molar-refractivity contribution in [1.82, 2.24) is 9.80 Å². The highest BCUT2D eigenvalue weighted by molar-refractivity contribution is 5.69. The molecule has 1 fully saturated rings. The molecular weight excluding hydrogens is 354 g/mol. The Kier molecular flexibility index (Phi) is 7.54. The Labute approximate surface area is 158 Å². The Morgan fingerprint density at radius 3 is 2.44 bits per heavy atom. The number of hydrogen-bond donors (Lipinski definition) is 0. The average molecular weight is 379 g/mol. The quantitative estimate of drug-likeness (QED) is 0.406. The third kappa shape index (κ3) is 6.21. The smallest absolute Gasteiger partial charge is 0.410 e. The second-order valence-electron chi connectivity index (χ2n) is 6.50. The number of esters is 1. The van der Waals surface area contributed by atoms with E-state index in [0.29, 0.717) is 37.7 Å². The number of amides is 1. The van der Waals surface area contributed by atoms with Crippen LogP contribution in [-0.4, -0.2) is 66.6 Å². The predicted molar refractivity (Wildman–Crippen MR) is 97.1 cm³/mol. The summed E-state index contributed by atoms with van der Waals surface area (Å²) in [5, 5.41) is 10.6. The maximum atomic E-state index is 12.2. The molecule has 0 N–H and O–H groups in total. The van der Waals surface area contributed by atoms with Crippen LogP contribution in [0.25, 0.3) is 0 Å². The first-order chi connectivity index (χ1) is 12.9. The highest BCUT2D eigenvalue weighted by atomic mass is 16.6. The molecule has 0 spiro atoms. The van der Waals surface area contributed by atoms with Gasteiger partial charge < -0.3 is 19.3 Å². The van der Waals surface area contributed by atoms with Crippen LogP contribution in [0.4, 0.5) is 10.5 Å². The zero-order valence-corrected chi connectivity index (χ0v) is 15.6. The van der Waals surface area contributed by atoms with Gasteiger partial charge in [0.05, 0.1) is 18.5 Å². The average Bonchev–Trinajstić information content (AvgIpc) is 2.70. The highest BCUT2D eigenvalue weighted by Gasteiger charge is 2.26. The fraction of sp³-hybridized carbons (Fsp3) is 0.556. The molecule has 0 radical (unpaired) electrons. The number of carbonyl (C=O) groups is 2. The number of carbonyl (C=O) groups excluding carboxylic acids is 2. The summed E-state index contributed by atoms with van der Waals surface area (Å²) in [6.45, 7) is 1.89.